The maximum absolute atomic E-state index is 12.2. The first-order chi connectivity index (χ1) is 19.4. The number of para-hydroxylation sites is 1. The van der Waals surface area contributed by atoms with Gasteiger partial charge in [0.15, 0.2) is 17.3 Å². The van der Waals surface area contributed by atoms with Crippen molar-refractivity contribution in [2.75, 3.05) is 64.2 Å². The molecule has 2 fully saturated rings. The number of amides is 2. The third-order valence-corrected chi connectivity index (χ3v) is 7.97. The van der Waals surface area contributed by atoms with E-state index in [0.29, 0.717) is 17.1 Å². The van der Waals surface area contributed by atoms with Crippen LogP contribution < -0.4 is 21.1 Å². The molecule has 0 radical (unpaired) electrons. The molecule has 0 bridgehead atoms. The largest absolute Gasteiger partial charge is 0.494 e. The van der Waals surface area contributed by atoms with E-state index in [9.17, 15) is 9.59 Å². The molecule has 3 aromatic rings. The molecule has 0 atom stereocenters. The summed E-state index contributed by atoms with van der Waals surface area (Å²) in [4.78, 5) is 35.0. The average molecular weight is 567 g/mol. The van der Waals surface area contributed by atoms with Gasteiger partial charge in [0, 0.05) is 69.4 Å². The molecule has 212 valence electrons. The lowest BCUT2D eigenvalue weighted by atomic mass is 10.1. The first-order valence-corrected chi connectivity index (χ1v) is 14.1. The summed E-state index contributed by atoms with van der Waals surface area (Å²) in [6.07, 6.45) is 3.64. The maximum atomic E-state index is 12.2. The fourth-order valence-corrected chi connectivity index (χ4v) is 5.57. The highest BCUT2D eigenvalue weighted by atomic mass is 32.1. The molecular formula is C27H34N8O4S. The molecule has 1 aliphatic carbocycles. The van der Waals surface area contributed by atoms with Gasteiger partial charge < -0.3 is 25.8 Å². The van der Waals surface area contributed by atoms with E-state index in [1.54, 1.807) is 31.6 Å². The zero-order valence-electron chi connectivity index (χ0n) is 22.7. The predicted molar refractivity (Wildman–Crippen MR) is 153 cm³/mol. The second-order valence-electron chi connectivity index (χ2n) is 9.87. The van der Waals surface area contributed by atoms with Crippen LogP contribution in [0.3, 0.4) is 0 Å². The minimum absolute atomic E-state index is 0.000470. The lowest BCUT2D eigenvalue weighted by molar-refractivity contribution is -0.117. The van der Waals surface area contributed by atoms with Crippen molar-refractivity contribution in [2.45, 2.75) is 19.4 Å². The minimum atomic E-state index is -0.741. The molecule has 1 saturated carbocycles. The van der Waals surface area contributed by atoms with E-state index in [-0.39, 0.29) is 23.3 Å². The van der Waals surface area contributed by atoms with Crippen molar-refractivity contribution in [3.05, 3.63) is 41.0 Å². The van der Waals surface area contributed by atoms with Gasteiger partial charge >= 0.3 is 0 Å². The number of nitrogens with two attached hydrogens (primary N) is 1. The number of nitrogens with zero attached hydrogens (tertiary/aromatic N) is 5. The van der Waals surface area contributed by atoms with Crippen molar-refractivity contribution in [1.82, 2.24) is 25.0 Å². The van der Waals surface area contributed by atoms with E-state index >= 15 is 0 Å². The van der Waals surface area contributed by atoms with Gasteiger partial charge in [0.1, 0.15) is 5.01 Å². The van der Waals surface area contributed by atoms with E-state index in [1.165, 1.54) is 4.88 Å². The van der Waals surface area contributed by atoms with Gasteiger partial charge in [0.2, 0.25) is 5.91 Å². The molecule has 3 heterocycles. The van der Waals surface area contributed by atoms with Crippen LogP contribution in [-0.2, 0) is 16.1 Å². The number of primary amides is 1. The Morgan fingerprint density at radius 1 is 1.10 bits per heavy atom. The van der Waals surface area contributed by atoms with Crippen molar-refractivity contribution in [1.29, 1.82) is 0 Å². The molecule has 4 N–H and O–H groups in total. The Morgan fingerprint density at radius 2 is 1.88 bits per heavy atom. The topological polar surface area (TPSA) is 148 Å². The van der Waals surface area contributed by atoms with Crippen molar-refractivity contribution in [3.8, 4) is 16.3 Å². The summed E-state index contributed by atoms with van der Waals surface area (Å²) in [7, 11) is 3.32. The first kappa shape index (κ1) is 27.9. The van der Waals surface area contributed by atoms with Crippen LogP contribution in [0.1, 0.15) is 28.2 Å². The maximum Gasteiger partial charge on any atom is 0.271 e. The van der Waals surface area contributed by atoms with Crippen molar-refractivity contribution in [2.24, 2.45) is 11.7 Å². The number of anilines is 3. The van der Waals surface area contributed by atoms with Crippen molar-refractivity contribution in [3.63, 3.8) is 0 Å². The molecule has 0 spiro atoms. The number of benzene rings is 1. The molecule has 2 aliphatic rings. The molecule has 2 aromatic heterocycles. The molecular weight excluding hydrogens is 532 g/mol. The highest BCUT2D eigenvalue weighted by Gasteiger charge is 2.30. The Morgan fingerprint density at radius 3 is 2.58 bits per heavy atom. The van der Waals surface area contributed by atoms with E-state index in [1.807, 2.05) is 24.4 Å². The van der Waals surface area contributed by atoms with E-state index in [2.05, 4.69) is 30.6 Å². The van der Waals surface area contributed by atoms with Crippen molar-refractivity contribution >= 4 is 40.3 Å². The van der Waals surface area contributed by atoms with Gasteiger partial charge in [0.25, 0.3) is 5.91 Å². The van der Waals surface area contributed by atoms with Crippen LogP contribution in [0.4, 0.5) is 17.2 Å². The molecule has 2 amide bonds. The summed E-state index contributed by atoms with van der Waals surface area (Å²) in [5.74, 6) is -0.0532. The molecule has 1 saturated heterocycles. The quantitative estimate of drug-likeness (QED) is 0.299. The Kier molecular flexibility index (Phi) is 8.85. The smallest absolute Gasteiger partial charge is 0.271 e. The zero-order valence-corrected chi connectivity index (χ0v) is 23.5. The number of methoxy groups -OCH3 is 2. The SMILES string of the molecule is COCCN1CCN(Cc2cnc(-c3cccc(Nc4cc(NC(=O)C5CC5)nnc4C(N)=O)c3OC)s2)CC1. The van der Waals surface area contributed by atoms with Gasteiger partial charge in [0.05, 0.1) is 30.7 Å². The molecule has 12 nitrogen and oxygen atoms in total. The van der Waals surface area contributed by atoms with Gasteiger partial charge in [-0.25, -0.2) is 4.98 Å². The molecule has 13 heteroatoms. The molecule has 40 heavy (non-hydrogen) atoms. The van der Waals surface area contributed by atoms with Crippen LogP contribution in [0.25, 0.3) is 10.6 Å². The van der Waals surface area contributed by atoms with Gasteiger partial charge in [-0.1, -0.05) is 6.07 Å². The van der Waals surface area contributed by atoms with Crippen LogP contribution in [0.15, 0.2) is 30.5 Å². The second kappa shape index (κ2) is 12.7. The van der Waals surface area contributed by atoms with Gasteiger partial charge in [-0.15, -0.1) is 21.5 Å². The lowest BCUT2D eigenvalue weighted by Crippen LogP contribution is -2.46. The normalized spacial score (nSPS) is 16.1. The Bertz CT molecular complexity index is 1350. The Labute approximate surface area is 236 Å². The fourth-order valence-electron chi connectivity index (χ4n) is 4.59. The highest BCUT2D eigenvalue weighted by Crippen LogP contribution is 2.40. The lowest BCUT2D eigenvalue weighted by Gasteiger charge is -2.34. The Hall–Kier alpha value is -3.65. The summed E-state index contributed by atoms with van der Waals surface area (Å²) in [5, 5.41) is 14.7. The second-order valence-corrected chi connectivity index (χ2v) is 11.0. The number of hydrogen-bond donors (Lipinski definition) is 3. The van der Waals surface area contributed by atoms with Crippen LogP contribution in [0.5, 0.6) is 5.75 Å². The molecule has 1 aliphatic heterocycles. The highest BCUT2D eigenvalue weighted by molar-refractivity contribution is 7.15. The van der Waals surface area contributed by atoms with Gasteiger partial charge in [-0.3, -0.25) is 19.4 Å². The number of piperazine rings is 1. The number of hydrogen-bond acceptors (Lipinski definition) is 11. The Balaban J connectivity index is 1.32. The van der Waals surface area contributed by atoms with Crippen LogP contribution in [0, 0.1) is 5.92 Å². The van der Waals surface area contributed by atoms with Gasteiger partial charge in [-0.2, -0.15) is 0 Å². The molecule has 1 aromatic carbocycles. The minimum Gasteiger partial charge on any atom is -0.494 e. The first-order valence-electron chi connectivity index (χ1n) is 13.3. The van der Waals surface area contributed by atoms with Crippen LogP contribution >= 0.6 is 11.3 Å². The summed E-state index contributed by atoms with van der Waals surface area (Å²) >= 11 is 1.63. The third kappa shape index (κ3) is 6.73. The standard InChI is InChI=1S/C27H34N8O4S/c1-38-13-12-34-8-10-35(11-9-34)16-18-15-29-27(40-18)19-4-3-5-20(24(19)39-2)30-21-14-22(31-26(37)17-6-7-17)32-33-23(21)25(28)36/h3-5,14-15,17H,6-13,16H2,1-2H3,(H2,28,36)(H2,30,31,32,37). The van der Waals surface area contributed by atoms with Gasteiger partial charge in [-0.05, 0) is 25.0 Å². The average Bonchev–Trinajstić information content (AvgIpc) is 3.71. The van der Waals surface area contributed by atoms with Crippen LogP contribution in [0.2, 0.25) is 0 Å². The number of thiazole rings is 1. The van der Waals surface area contributed by atoms with E-state index in [0.717, 1.165) is 69.3 Å². The molecule has 0 unspecified atom stereocenters. The summed E-state index contributed by atoms with van der Waals surface area (Å²) in [6, 6.07) is 7.21. The zero-order chi connectivity index (χ0) is 28.1. The van der Waals surface area contributed by atoms with E-state index < -0.39 is 5.91 Å². The summed E-state index contributed by atoms with van der Waals surface area (Å²) in [6.45, 7) is 6.63. The van der Waals surface area contributed by atoms with Crippen LogP contribution in [-0.4, -0.2) is 90.3 Å². The number of carbonyl (C=O) groups is 2. The fraction of sp³-hybridized carbons (Fsp3) is 0.444. The summed E-state index contributed by atoms with van der Waals surface area (Å²) in [5.41, 5.74) is 7.24. The monoisotopic (exact) mass is 566 g/mol. The van der Waals surface area contributed by atoms with Crippen molar-refractivity contribution < 1.29 is 19.1 Å². The third-order valence-electron chi connectivity index (χ3n) is 6.96. The van der Waals surface area contributed by atoms with E-state index in [4.69, 9.17) is 20.2 Å². The number of rotatable bonds is 12. The number of aromatic nitrogens is 3. The number of nitrogens with one attached hydrogen (secondary N) is 2. The molecule has 5 rings (SSSR count). The summed E-state index contributed by atoms with van der Waals surface area (Å²) < 4.78 is 11.0. The number of ether oxygens (including phenoxy) is 2. The number of carbonyl (C=O) groups excluding carboxylic acids is 2. The predicted octanol–water partition coefficient (Wildman–Crippen LogP) is 2.56.